The SMILES string of the molecule is C=CCc1ccc(OC[C@H](O)CN2C(=O)[C@@H](C)N(c3ccc(F)cc3)C2=O)c(OC)c1. The first kappa shape index (κ1) is 22.3. The van der Waals surface area contributed by atoms with Crippen LogP contribution in [-0.2, 0) is 11.2 Å². The average molecular weight is 428 g/mol. The molecule has 0 unspecified atom stereocenters. The number of halogens is 1. The molecule has 0 spiro atoms. The number of ether oxygens (including phenoxy) is 2. The summed E-state index contributed by atoms with van der Waals surface area (Å²) in [5.74, 6) is 0.0669. The van der Waals surface area contributed by atoms with Crippen molar-refractivity contribution >= 4 is 17.6 Å². The van der Waals surface area contributed by atoms with E-state index in [1.54, 1.807) is 19.1 Å². The van der Waals surface area contributed by atoms with Crippen LogP contribution in [0.4, 0.5) is 14.9 Å². The predicted octanol–water partition coefficient (Wildman–Crippen LogP) is 3.16. The lowest BCUT2D eigenvalue weighted by molar-refractivity contribution is -0.128. The number of β-amino-alcohol motifs (C(OH)–C–C–N with tert-alkyl or cyclic N) is 1. The lowest BCUT2D eigenvalue weighted by Gasteiger charge is -2.21. The maximum Gasteiger partial charge on any atom is 0.332 e. The largest absolute Gasteiger partial charge is 0.493 e. The molecule has 1 saturated heterocycles. The Bertz CT molecular complexity index is 963. The smallest absolute Gasteiger partial charge is 0.332 e. The molecule has 3 amide bonds. The molecule has 2 aromatic rings. The van der Waals surface area contributed by atoms with Gasteiger partial charge in [0.25, 0.3) is 5.91 Å². The number of hydrogen-bond acceptors (Lipinski definition) is 5. The number of nitrogens with zero attached hydrogens (tertiary/aromatic N) is 2. The first-order valence-corrected chi connectivity index (χ1v) is 9.84. The Morgan fingerprint density at radius 1 is 1.19 bits per heavy atom. The second-order valence-electron chi connectivity index (χ2n) is 7.20. The van der Waals surface area contributed by atoms with Gasteiger partial charge in [0.15, 0.2) is 11.5 Å². The molecule has 0 radical (unpaired) electrons. The number of urea groups is 1. The van der Waals surface area contributed by atoms with Crippen LogP contribution in [0.25, 0.3) is 0 Å². The van der Waals surface area contributed by atoms with Crippen molar-refractivity contribution in [2.24, 2.45) is 0 Å². The zero-order valence-electron chi connectivity index (χ0n) is 17.5. The summed E-state index contributed by atoms with van der Waals surface area (Å²) in [5, 5.41) is 10.4. The van der Waals surface area contributed by atoms with Gasteiger partial charge in [0, 0.05) is 5.69 Å². The molecular formula is C23H25FN2O5. The summed E-state index contributed by atoms with van der Waals surface area (Å²) in [4.78, 5) is 27.6. The van der Waals surface area contributed by atoms with Crippen molar-refractivity contribution in [2.45, 2.75) is 25.5 Å². The van der Waals surface area contributed by atoms with Crippen LogP contribution < -0.4 is 14.4 Å². The minimum Gasteiger partial charge on any atom is -0.493 e. The van der Waals surface area contributed by atoms with Gasteiger partial charge in [0.2, 0.25) is 0 Å². The van der Waals surface area contributed by atoms with E-state index in [-0.39, 0.29) is 13.2 Å². The zero-order chi connectivity index (χ0) is 22.5. The summed E-state index contributed by atoms with van der Waals surface area (Å²) in [6, 6.07) is 9.39. The molecule has 8 heteroatoms. The fourth-order valence-corrected chi connectivity index (χ4v) is 3.40. The number of aliphatic hydroxyl groups excluding tert-OH is 1. The van der Waals surface area contributed by atoms with E-state index < -0.39 is 29.9 Å². The highest BCUT2D eigenvalue weighted by Gasteiger charge is 2.43. The van der Waals surface area contributed by atoms with Crippen LogP contribution in [0.5, 0.6) is 11.5 Å². The first-order chi connectivity index (χ1) is 14.8. The quantitative estimate of drug-likeness (QED) is 0.490. The third-order valence-electron chi connectivity index (χ3n) is 4.99. The van der Waals surface area contributed by atoms with E-state index in [0.29, 0.717) is 23.6 Å². The Morgan fingerprint density at radius 3 is 2.55 bits per heavy atom. The van der Waals surface area contributed by atoms with E-state index in [1.165, 1.54) is 36.3 Å². The number of anilines is 1. The summed E-state index contributed by atoms with van der Waals surface area (Å²) in [5.41, 5.74) is 1.41. The van der Waals surface area contributed by atoms with Crippen molar-refractivity contribution in [3.05, 3.63) is 66.5 Å². The molecule has 31 heavy (non-hydrogen) atoms. The van der Waals surface area contributed by atoms with Gasteiger partial charge < -0.3 is 14.6 Å². The number of methoxy groups -OCH3 is 1. The van der Waals surface area contributed by atoms with Crippen molar-refractivity contribution in [3.63, 3.8) is 0 Å². The molecule has 0 aromatic heterocycles. The number of rotatable bonds is 9. The van der Waals surface area contributed by atoms with E-state index in [1.807, 2.05) is 12.1 Å². The minimum atomic E-state index is -1.11. The van der Waals surface area contributed by atoms with Gasteiger partial charge in [-0.25, -0.2) is 9.18 Å². The Hall–Kier alpha value is -3.39. The molecule has 3 rings (SSSR count). The minimum absolute atomic E-state index is 0.140. The maximum atomic E-state index is 13.2. The molecule has 1 aliphatic heterocycles. The van der Waals surface area contributed by atoms with Gasteiger partial charge in [0.1, 0.15) is 24.6 Å². The van der Waals surface area contributed by atoms with Crippen LogP contribution in [0.1, 0.15) is 12.5 Å². The monoisotopic (exact) mass is 428 g/mol. The Balaban J connectivity index is 1.64. The van der Waals surface area contributed by atoms with Crippen LogP contribution >= 0.6 is 0 Å². The van der Waals surface area contributed by atoms with Crippen LogP contribution in [-0.4, -0.2) is 54.4 Å². The van der Waals surface area contributed by atoms with E-state index in [0.717, 1.165) is 10.5 Å². The molecule has 164 valence electrons. The third kappa shape index (κ3) is 4.86. The van der Waals surface area contributed by atoms with E-state index in [9.17, 15) is 19.1 Å². The fourth-order valence-electron chi connectivity index (χ4n) is 3.40. The number of carbonyl (C=O) groups excluding carboxylic acids is 2. The topological polar surface area (TPSA) is 79.3 Å². The highest BCUT2D eigenvalue weighted by Crippen LogP contribution is 2.29. The summed E-state index contributed by atoms with van der Waals surface area (Å²) < 4.78 is 24.2. The van der Waals surface area contributed by atoms with Gasteiger partial charge >= 0.3 is 6.03 Å². The van der Waals surface area contributed by atoms with Gasteiger partial charge in [-0.05, 0) is 55.3 Å². The first-order valence-electron chi connectivity index (χ1n) is 9.84. The summed E-state index contributed by atoms with van der Waals surface area (Å²) in [7, 11) is 1.52. The lowest BCUT2D eigenvalue weighted by Crippen LogP contribution is -2.40. The Kier molecular flexibility index (Phi) is 6.91. The molecular weight excluding hydrogens is 403 g/mol. The van der Waals surface area contributed by atoms with Crippen molar-refractivity contribution in [3.8, 4) is 11.5 Å². The number of carbonyl (C=O) groups is 2. The average Bonchev–Trinajstić information content (AvgIpc) is 2.97. The molecule has 1 fully saturated rings. The van der Waals surface area contributed by atoms with Crippen LogP contribution in [0.15, 0.2) is 55.1 Å². The number of imide groups is 1. The van der Waals surface area contributed by atoms with Crippen LogP contribution in [0.2, 0.25) is 0 Å². The Morgan fingerprint density at radius 2 is 1.90 bits per heavy atom. The van der Waals surface area contributed by atoms with E-state index in [2.05, 4.69) is 6.58 Å². The van der Waals surface area contributed by atoms with Crippen molar-refractivity contribution < 1.29 is 28.6 Å². The van der Waals surface area contributed by atoms with Gasteiger partial charge in [0.05, 0.1) is 13.7 Å². The lowest BCUT2D eigenvalue weighted by atomic mass is 10.1. The van der Waals surface area contributed by atoms with E-state index >= 15 is 0 Å². The van der Waals surface area contributed by atoms with Crippen LogP contribution in [0.3, 0.4) is 0 Å². The van der Waals surface area contributed by atoms with Gasteiger partial charge in [-0.2, -0.15) is 0 Å². The molecule has 7 nitrogen and oxygen atoms in total. The fraction of sp³-hybridized carbons (Fsp3) is 0.304. The molecule has 2 atom stereocenters. The molecule has 1 aliphatic rings. The predicted molar refractivity (Wildman–Crippen MR) is 114 cm³/mol. The highest BCUT2D eigenvalue weighted by molar-refractivity contribution is 6.14. The highest BCUT2D eigenvalue weighted by atomic mass is 19.1. The molecule has 2 aromatic carbocycles. The number of aliphatic hydroxyl groups is 1. The number of benzene rings is 2. The maximum absolute atomic E-state index is 13.2. The normalized spacial score (nSPS) is 17.1. The van der Waals surface area contributed by atoms with Crippen molar-refractivity contribution in [1.29, 1.82) is 0 Å². The number of hydrogen-bond donors (Lipinski definition) is 1. The molecule has 0 aliphatic carbocycles. The van der Waals surface area contributed by atoms with Gasteiger partial charge in [-0.1, -0.05) is 12.1 Å². The van der Waals surface area contributed by atoms with Gasteiger partial charge in [-0.15, -0.1) is 6.58 Å². The van der Waals surface area contributed by atoms with E-state index in [4.69, 9.17) is 9.47 Å². The van der Waals surface area contributed by atoms with Crippen molar-refractivity contribution in [2.75, 3.05) is 25.2 Å². The standard InChI is InChI=1S/C23H25FN2O5/c1-4-5-16-6-11-20(21(12-16)30-3)31-14-19(27)13-25-22(28)15(2)26(23(25)29)18-9-7-17(24)8-10-18/h4,6-12,15,19,27H,1,5,13-14H2,2-3H3/t15-,19-/m1/s1. The third-order valence-corrected chi connectivity index (χ3v) is 4.99. The van der Waals surface area contributed by atoms with Crippen LogP contribution in [0, 0.1) is 5.82 Å². The van der Waals surface area contributed by atoms with Crippen molar-refractivity contribution in [1.82, 2.24) is 4.90 Å². The summed E-state index contributed by atoms with van der Waals surface area (Å²) >= 11 is 0. The second kappa shape index (κ2) is 9.61. The number of amides is 3. The molecule has 1 N–H and O–H groups in total. The zero-order valence-corrected chi connectivity index (χ0v) is 17.5. The second-order valence-corrected chi connectivity index (χ2v) is 7.20. The molecule has 1 heterocycles. The Labute approximate surface area is 180 Å². The summed E-state index contributed by atoms with van der Waals surface area (Å²) in [6.45, 7) is 4.92. The molecule has 0 saturated carbocycles. The number of allylic oxidation sites excluding steroid dienone is 1. The summed E-state index contributed by atoms with van der Waals surface area (Å²) in [6.07, 6.45) is 1.35. The van der Waals surface area contributed by atoms with Gasteiger partial charge in [-0.3, -0.25) is 14.6 Å². The molecule has 0 bridgehead atoms.